The lowest BCUT2D eigenvalue weighted by Crippen LogP contribution is -2.62. The van der Waals surface area contributed by atoms with Gasteiger partial charge in [-0.1, -0.05) is 40.6 Å². The first kappa shape index (κ1) is 24.8. The third-order valence-corrected chi connectivity index (χ3v) is 10.0. The number of hydrogen-bond donors (Lipinski definition) is 2. The van der Waals surface area contributed by atoms with Gasteiger partial charge >= 0.3 is 6.18 Å². The van der Waals surface area contributed by atoms with Crippen LogP contribution in [0.2, 0.25) is 0 Å². The lowest BCUT2D eigenvalue weighted by atomic mass is 9.52. The number of allylic oxidation sites excluding steroid dienone is 2. The monoisotopic (exact) mass is 553 g/mol. The Morgan fingerprint density at radius 2 is 1.69 bits per heavy atom. The van der Waals surface area contributed by atoms with Gasteiger partial charge in [-0.25, -0.2) is 0 Å². The Hall–Kier alpha value is -1.87. The minimum atomic E-state index is -4.64. The summed E-state index contributed by atoms with van der Waals surface area (Å²) in [5, 5.41) is 0. The average Bonchev–Trinajstić information content (AvgIpc) is 3.15. The zero-order valence-electron chi connectivity index (χ0n) is 19.5. The number of nitrogens with two attached hydrogens (primary N) is 2. The van der Waals surface area contributed by atoms with E-state index in [4.69, 9.17) is 11.5 Å². The van der Waals surface area contributed by atoms with Gasteiger partial charge in [0.15, 0.2) is 0 Å². The van der Waals surface area contributed by atoms with Crippen LogP contribution in [-0.4, -0.2) is 36.3 Å². The smallest absolute Gasteiger partial charge is 0.369 e. The molecule has 2 saturated carbocycles. The fourth-order valence-electron chi connectivity index (χ4n) is 7.83. The Labute approximate surface area is 211 Å². The standard InChI is InChI=1S/C26H31BrF3N3O2/c27-18-6-5-16(15-17(18)26(28,29)30)25(22(32)35)20-8-7-19(23(20)10-11-23)24(25,21(31)34)9-1-2-12-33-13-3-4-14-33/h5-8,15,19-20H,1-4,9-14H2,(H2,31,34)(H2,32,35)/t19-,20+,24+,25-/m1/s1. The minimum Gasteiger partial charge on any atom is -0.369 e. The number of halogens is 4. The Kier molecular flexibility index (Phi) is 5.91. The number of nitrogens with zero attached hydrogens (tertiary/aromatic N) is 1. The van der Waals surface area contributed by atoms with Crippen LogP contribution >= 0.6 is 15.9 Å². The molecule has 1 saturated heterocycles. The number of unbranched alkanes of at least 4 members (excludes halogenated alkanes) is 1. The van der Waals surface area contributed by atoms with Crippen LogP contribution in [0.25, 0.3) is 0 Å². The van der Waals surface area contributed by atoms with Crippen LogP contribution in [-0.2, 0) is 21.2 Å². The second-order valence-electron chi connectivity index (χ2n) is 10.8. The van der Waals surface area contributed by atoms with Crippen LogP contribution in [0.4, 0.5) is 13.2 Å². The van der Waals surface area contributed by atoms with Gasteiger partial charge in [0, 0.05) is 10.4 Å². The molecule has 0 radical (unpaired) electrons. The predicted octanol–water partition coefficient (Wildman–Crippen LogP) is 4.52. The SMILES string of the molecule is NC(=O)[C@]1(CCCCN2CCCC2)[C@@H]2C=C[C@@H](C23CC3)[C@@]1(C(N)=O)c1ccc(Br)c(C(F)(F)F)c1. The molecule has 4 aliphatic rings. The van der Waals surface area contributed by atoms with E-state index in [2.05, 4.69) is 20.8 Å². The van der Waals surface area contributed by atoms with Crippen molar-refractivity contribution in [3.8, 4) is 0 Å². The second-order valence-corrected chi connectivity index (χ2v) is 11.6. The molecule has 2 bridgehead atoms. The van der Waals surface area contributed by atoms with E-state index in [1.165, 1.54) is 25.0 Å². The van der Waals surface area contributed by atoms with Gasteiger partial charge in [0.2, 0.25) is 11.8 Å². The van der Waals surface area contributed by atoms with Crippen LogP contribution in [0.15, 0.2) is 34.8 Å². The van der Waals surface area contributed by atoms with Crippen molar-refractivity contribution in [2.45, 2.75) is 56.5 Å². The molecule has 1 heterocycles. The molecule has 5 rings (SSSR count). The highest BCUT2D eigenvalue weighted by Crippen LogP contribution is 2.80. The Morgan fingerprint density at radius 3 is 2.26 bits per heavy atom. The number of benzene rings is 1. The molecule has 35 heavy (non-hydrogen) atoms. The maximum atomic E-state index is 13.9. The van der Waals surface area contributed by atoms with Crippen molar-refractivity contribution < 1.29 is 22.8 Å². The highest BCUT2D eigenvalue weighted by molar-refractivity contribution is 9.10. The van der Waals surface area contributed by atoms with Gasteiger partial charge < -0.3 is 16.4 Å². The van der Waals surface area contributed by atoms with Crippen molar-refractivity contribution in [1.82, 2.24) is 4.90 Å². The maximum Gasteiger partial charge on any atom is 0.417 e. The number of carbonyl (C=O) groups excluding carboxylic acids is 2. The van der Waals surface area contributed by atoms with E-state index in [0.29, 0.717) is 12.8 Å². The van der Waals surface area contributed by atoms with Gasteiger partial charge in [-0.15, -0.1) is 0 Å². The summed E-state index contributed by atoms with van der Waals surface area (Å²) < 4.78 is 41.5. The lowest BCUT2D eigenvalue weighted by Gasteiger charge is -2.48. The minimum absolute atomic E-state index is 0.122. The topological polar surface area (TPSA) is 89.4 Å². The fraction of sp³-hybridized carbons (Fsp3) is 0.615. The van der Waals surface area contributed by atoms with Gasteiger partial charge in [-0.05, 0) is 87.2 Å². The van der Waals surface area contributed by atoms with Gasteiger partial charge in [-0.2, -0.15) is 13.2 Å². The molecule has 3 fully saturated rings. The Balaban J connectivity index is 1.62. The van der Waals surface area contributed by atoms with Crippen molar-refractivity contribution in [1.29, 1.82) is 0 Å². The molecular formula is C26H31BrF3N3O2. The molecule has 0 unspecified atom stereocenters. The third-order valence-electron chi connectivity index (χ3n) is 9.31. The molecule has 4 atom stereocenters. The molecule has 1 aromatic carbocycles. The highest BCUT2D eigenvalue weighted by atomic mass is 79.9. The second kappa shape index (κ2) is 8.33. The Morgan fingerprint density at radius 1 is 1.03 bits per heavy atom. The van der Waals surface area contributed by atoms with Crippen LogP contribution in [0.3, 0.4) is 0 Å². The number of primary amides is 2. The van der Waals surface area contributed by atoms with Crippen LogP contribution < -0.4 is 11.5 Å². The van der Waals surface area contributed by atoms with Gasteiger partial charge in [-0.3, -0.25) is 9.59 Å². The lowest BCUT2D eigenvalue weighted by molar-refractivity contribution is -0.144. The summed E-state index contributed by atoms with van der Waals surface area (Å²) in [6.45, 7) is 3.01. The molecule has 190 valence electrons. The maximum absolute atomic E-state index is 13.9. The highest BCUT2D eigenvalue weighted by Gasteiger charge is 2.82. The van der Waals surface area contributed by atoms with E-state index in [-0.39, 0.29) is 21.4 Å². The number of hydrogen-bond acceptors (Lipinski definition) is 3. The molecule has 5 nitrogen and oxygen atoms in total. The molecule has 9 heteroatoms. The zero-order valence-corrected chi connectivity index (χ0v) is 21.1. The summed E-state index contributed by atoms with van der Waals surface area (Å²) in [7, 11) is 0. The molecule has 4 N–H and O–H groups in total. The number of alkyl halides is 3. The largest absolute Gasteiger partial charge is 0.417 e. The van der Waals surface area contributed by atoms with E-state index in [1.807, 2.05) is 12.2 Å². The number of likely N-dealkylation sites (tertiary alicyclic amines) is 1. The van der Waals surface area contributed by atoms with E-state index in [1.54, 1.807) is 0 Å². The van der Waals surface area contributed by atoms with Gasteiger partial charge in [0.25, 0.3) is 0 Å². The molecule has 1 spiro atoms. The van der Waals surface area contributed by atoms with Crippen LogP contribution in [0, 0.1) is 22.7 Å². The zero-order chi connectivity index (χ0) is 25.2. The summed E-state index contributed by atoms with van der Waals surface area (Å²) in [5.74, 6) is -2.17. The quantitative estimate of drug-likeness (QED) is 0.366. The van der Waals surface area contributed by atoms with E-state index < -0.39 is 40.3 Å². The van der Waals surface area contributed by atoms with Crippen molar-refractivity contribution in [2.75, 3.05) is 19.6 Å². The number of carbonyl (C=O) groups is 2. The van der Waals surface area contributed by atoms with Gasteiger partial charge in [0.05, 0.1) is 16.4 Å². The first-order valence-electron chi connectivity index (χ1n) is 12.4. The molecule has 3 aliphatic carbocycles. The third kappa shape index (κ3) is 3.36. The summed E-state index contributed by atoms with van der Waals surface area (Å²) in [5.41, 5.74) is 8.21. The fourth-order valence-corrected chi connectivity index (χ4v) is 8.30. The summed E-state index contributed by atoms with van der Waals surface area (Å²) in [4.78, 5) is 29.4. The summed E-state index contributed by atoms with van der Waals surface area (Å²) in [6, 6.07) is 3.81. The molecular weight excluding hydrogens is 523 g/mol. The number of rotatable bonds is 8. The van der Waals surface area contributed by atoms with Crippen molar-refractivity contribution in [2.24, 2.45) is 34.1 Å². The van der Waals surface area contributed by atoms with E-state index in [9.17, 15) is 22.8 Å². The number of amides is 2. The predicted molar refractivity (Wildman–Crippen MR) is 129 cm³/mol. The normalized spacial score (nSPS) is 33.0. The molecule has 1 aliphatic heterocycles. The molecule has 2 amide bonds. The van der Waals surface area contributed by atoms with Gasteiger partial charge in [0.1, 0.15) is 0 Å². The van der Waals surface area contributed by atoms with Crippen molar-refractivity contribution in [3.05, 3.63) is 46.0 Å². The van der Waals surface area contributed by atoms with E-state index in [0.717, 1.165) is 45.0 Å². The van der Waals surface area contributed by atoms with Crippen molar-refractivity contribution >= 4 is 27.7 Å². The van der Waals surface area contributed by atoms with E-state index >= 15 is 0 Å². The molecule has 1 aromatic rings. The summed E-state index contributed by atoms with van der Waals surface area (Å²) >= 11 is 3.00. The van der Waals surface area contributed by atoms with Crippen LogP contribution in [0.5, 0.6) is 0 Å². The summed E-state index contributed by atoms with van der Waals surface area (Å²) in [6.07, 6.45) is 5.00. The first-order valence-corrected chi connectivity index (χ1v) is 13.2. The first-order chi connectivity index (χ1) is 16.5. The van der Waals surface area contributed by atoms with Crippen LogP contribution in [0.1, 0.15) is 56.1 Å². The Bertz CT molecular complexity index is 1080. The average molecular weight is 554 g/mol. The molecule has 0 aromatic heterocycles. The van der Waals surface area contributed by atoms with Crippen molar-refractivity contribution in [3.63, 3.8) is 0 Å².